The Morgan fingerprint density at radius 2 is 1.97 bits per heavy atom. The van der Waals surface area contributed by atoms with Crippen LogP contribution in [-0.4, -0.2) is 26.9 Å². The van der Waals surface area contributed by atoms with Gasteiger partial charge < -0.3 is 19.4 Å². The molecule has 2 N–H and O–H groups in total. The van der Waals surface area contributed by atoms with E-state index in [1.165, 1.54) is 49.4 Å². The van der Waals surface area contributed by atoms with Crippen molar-refractivity contribution in [2.75, 3.05) is 0 Å². The van der Waals surface area contributed by atoms with Crippen LogP contribution in [0.2, 0.25) is 0 Å². The van der Waals surface area contributed by atoms with E-state index in [-0.39, 0.29) is 17.3 Å². The van der Waals surface area contributed by atoms with E-state index in [9.17, 15) is 23.9 Å². The van der Waals surface area contributed by atoms with E-state index in [1.54, 1.807) is 13.8 Å². The summed E-state index contributed by atoms with van der Waals surface area (Å²) < 4.78 is 24.0. The molecule has 10 heteroatoms. The van der Waals surface area contributed by atoms with Gasteiger partial charge in [0.1, 0.15) is 28.6 Å². The number of rotatable bonds is 10. The minimum Gasteiger partial charge on any atom is -0.507 e. The summed E-state index contributed by atoms with van der Waals surface area (Å²) in [5.74, 6) is -2.32. The molecule has 2 heterocycles. The van der Waals surface area contributed by atoms with E-state index >= 15 is 0 Å². The van der Waals surface area contributed by atoms with Crippen LogP contribution in [-0.2, 0) is 4.79 Å². The fraction of sp³-hybridized carbons (Fsp3) is 0.231. The number of Topliss-reactive ketones (excluding diaryl/α,β-unsaturated/α-hetero) is 1. The molecule has 0 fully saturated rings. The van der Waals surface area contributed by atoms with Crippen molar-refractivity contribution >= 4 is 29.2 Å². The number of aromatic hydroxyl groups is 1. The van der Waals surface area contributed by atoms with Gasteiger partial charge >= 0.3 is 11.6 Å². The molecule has 1 atom stereocenters. The maximum Gasteiger partial charge on any atom is 0.351 e. The van der Waals surface area contributed by atoms with Crippen LogP contribution in [0.25, 0.3) is 6.08 Å². The normalized spacial score (nSPS) is 12.6. The van der Waals surface area contributed by atoms with E-state index in [0.717, 1.165) is 17.4 Å². The molecule has 0 saturated carbocycles. The summed E-state index contributed by atoms with van der Waals surface area (Å²) >= 11 is 1.16. The number of ether oxygens (including phenoxy) is 1. The summed E-state index contributed by atoms with van der Waals surface area (Å²) in [5.41, 5.74) is -0.675. The average Bonchev–Trinajstić information content (AvgIpc) is 3.15. The highest BCUT2D eigenvalue weighted by Gasteiger charge is 2.22. The van der Waals surface area contributed by atoms with Gasteiger partial charge in [0.15, 0.2) is 5.78 Å². The molecular weight excluding hydrogens is 489 g/mol. The monoisotopic (exact) mass is 513 g/mol. The maximum absolute atomic E-state index is 13.1. The number of ketones is 1. The zero-order valence-electron chi connectivity index (χ0n) is 19.8. The maximum atomic E-state index is 13.1. The third-order valence-corrected chi connectivity index (χ3v) is 6.21. The molecule has 0 bridgehead atoms. The highest BCUT2D eigenvalue weighted by atomic mass is 32.1. The average molecular weight is 514 g/mol. The number of hydrogen-bond acceptors (Lipinski definition) is 8. The summed E-state index contributed by atoms with van der Waals surface area (Å²) in [5, 5.41) is 19.4. The molecule has 36 heavy (non-hydrogen) atoms. The first-order chi connectivity index (χ1) is 17.0. The molecule has 3 aromatic rings. The number of benzene rings is 1. The molecule has 188 valence electrons. The van der Waals surface area contributed by atoms with Crippen LogP contribution in [0.1, 0.15) is 59.3 Å². The fourth-order valence-corrected chi connectivity index (χ4v) is 4.18. The molecule has 2 aromatic heterocycles. The van der Waals surface area contributed by atoms with Gasteiger partial charge in [0.2, 0.25) is 0 Å². The molecule has 0 aliphatic heterocycles. The highest BCUT2D eigenvalue weighted by molar-refractivity contribution is 7.14. The van der Waals surface area contributed by atoms with E-state index in [1.807, 2.05) is 0 Å². The van der Waals surface area contributed by atoms with E-state index in [0.29, 0.717) is 34.4 Å². The van der Waals surface area contributed by atoms with Crippen molar-refractivity contribution < 1.29 is 33.3 Å². The van der Waals surface area contributed by atoms with Crippen molar-refractivity contribution in [3.8, 4) is 16.7 Å². The van der Waals surface area contributed by atoms with Gasteiger partial charge in [-0.15, -0.1) is 0 Å². The lowest BCUT2D eigenvalue weighted by molar-refractivity contribution is -0.131. The number of aliphatic carboxylic acids is 1. The standard InChI is InChI=1S/C26H24FNO7S/c1-14(6-4-5-7-22(30)31)20-13-19(29)23(25(33)35-20)24(32)15(2)12-21-16(3)28-26(36-21)34-18-10-8-17(27)9-11-18/h5,7-14,29H,4,6H2,1-3H3,(H,30,31)/b7-5+,15-12+. The molecule has 8 nitrogen and oxygen atoms in total. The summed E-state index contributed by atoms with van der Waals surface area (Å²) in [6, 6.07) is 6.70. The van der Waals surface area contributed by atoms with Crippen molar-refractivity contribution in [1.29, 1.82) is 0 Å². The highest BCUT2D eigenvalue weighted by Crippen LogP contribution is 2.32. The van der Waals surface area contributed by atoms with Crippen molar-refractivity contribution in [2.45, 2.75) is 39.5 Å². The van der Waals surface area contributed by atoms with Gasteiger partial charge in [0.25, 0.3) is 5.19 Å². The lowest BCUT2D eigenvalue weighted by Crippen LogP contribution is -2.16. The number of thiazole rings is 1. The molecule has 0 amide bonds. The first-order valence-electron chi connectivity index (χ1n) is 11.0. The van der Waals surface area contributed by atoms with E-state index < -0.39 is 34.5 Å². The second kappa shape index (κ2) is 11.6. The molecule has 0 aliphatic carbocycles. The second-order valence-electron chi connectivity index (χ2n) is 8.06. The Labute approximate surface area is 210 Å². The molecule has 0 spiro atoms. The first-order valence-corrected chi connectivity index (χ1v) is 11.8. The van der Waals surface area contributed by atoms with Gasteiger partial charge in [-0.2, -0.15) is 0 Å². The number of aromatic nitrogens is 1. The van der Waals surface area contributed by atoms with Crippen molar-refractivity contribution in [3.05, 3.63) is 86.2 Å². The van der Waals surface area contributed by atoms with Crippen LogP contribution in [0.3, 0.4) is 0 Å². The number of aryl methyl sites for hydroxylation is 1. The van der Waals surface area contributed by atoms with Crippen LogP contribution >= 0.6 is 11.3 Å². The van der Waals surface area contributed by atoms with E-state index in [2.05, 4.69) is 4.98 Å². The second-order valence-corrected chi connectivity index (χ2v) is 9.05. The zero-order valence-corrected chi connectivity index (χ0v) is 20.6. The summed E-state index contributed by atoms with van der Waals surface area (Å²) in [7, 11) is 0. The third kappa shape index (κ3) is 6.76. The Bertz CT molecular complexity index is 1390. The first kappa shape index (κ1) is 26.6. The lowest BCUT2D eigenvalue weighted by atomic mass is 9.99. The summed E-state index contributed by atoms with van der Waals surface area (Å²) in [4.78, 5) is 41.0. The van der Waals surface area contributed by atoms with Crippen LogP contribution in [0.4, 0.5) is 4.39 Å². The molecule has 1 unspecified atom stereocenters. The van der Waals surface area contributed by atoms with Gasteiger partial charge in [0, 0.05) is 18.1 Å². The quantitative estimate of drug-likeness (QED) is 0.255. The Kier molecular flexibility index (Phi) is 8.55. The van der Waals surface area contributed by atoms with Gasteiger partial charge in [-0.3, -0.25) is 4.79 Å². The molecule has 3 rings (SSSR count). The van der Waals surface area contributed by atoms with Gasteiger partial charge in [-0.1, -0.05) is 24.3 Å². The molecular formula is C26H24FNO7S. The summed E-state index contributed by atoms with van der Waals surface area (Å²) in [6.45, 7) is 4.99. The number of hydrogen-bond donors (Lipinski definition) is 2. The Morgan fingerprint density at radius 1 is 1.28 bits per heavy atom. The summed E-state index contributed by atoms with van der Waals surface area (Å²) in [6.07, 6.45) is 4.96. The number of carboxylic acid groups (broad SMARTS) is 1. The topological polar surface area (TPSA) is 127 Å². The van der Waals surface area contributed by atoms with Crippen molar-refractivity contribution in [1.82, 2.24) is 4.98 Å². The Balaban J connectivity index is 1.77. The zero-order chi connectivity index (χ0) is 26.4. The van der Waals surface area contributed by atoms with Crippen LogP contribution in [0.15, 0.2) is 57.3 Å². The third-order valence-electron chi connectivity index (χ3n) is 5.23. The largest absolute Gasteiger partial charge is 0.507 e. The Hall–Kier alpha value is -4.05. The molecule has 1 aromatic carbocycles. The van der Waals surface area contributed by atoms with Crippen LogP contribution in [0.5, 0.6) is 16.7 Å². The minimum atomic E-state index is -1.05. The lowest BCUT2D eigenvalue weighted by Gasteiger charge is -2.11. The van der Waals surface area contributed by atoms with Gasteiger partial charge in [-0.25, -0.2) is 19.0 Å². The number of allylic oxidation sites excluding steroid dienone is 2. The minimum absolute atomic E-state index is 0.178. The van der Waals surface area contributed by atoms with Gasteiger partial charge in [0.05, 0.1) is 10.6 Å². The van der Waals surface area contributed by atoms with Crippen LogP contribution in [0, 0.1) is 12.7 Å². The number of halogens is 1. The number of carbonyl (C=O) groups excluding carboxylic acids is 1. The van der Waals surface area contributed by atoms with Crippen molar-refractivity contribution in [3.63, 3.8) is 0 Å². The van der Waals surface area contributed by atoms with E-state index in [4.69, 9.17) is 14.3 Å². The number of nitrogens with zero attached hydrogens (tertiary/aromatic N) is 1. The van der Waals surface area contributed by atoms with Crippen LogP contribution < -0.4 is 10.4 Å². The number of carboxylic acids is 1. The number of carbonyl (C=O) groups is 2. The molecule has 0 saturated heterocycles. The predicted octanol–water partition coefficient (Wildman–Crippen LogP) is 5.85. The molecule has 0 aliphatic rings. The fourth-order valence-electron chi connectivity index (χ4n) is 3.25. The smallest absolute Gasteiger partial charge is 0.351 e. The van der Waals surface area contributed by atoms with Gasteiger partial charge in [-0.05, 0) is 62.6 Å². The van der Waals surface area contributed by atoms with Crippen molar-refractivity contribution in [2.24, 2.45) is 0 Å². The SMILES string of the molecule is C/C(=C\c1sc(Oc2ccc(F)cc2)nc1C)C(=O)c1c(O)cc(C(C)CC/C=C/C(=O)O)oc1=O. The predicted molar refractivity (Wildman–Crippen MR) is 132 cm³/mol. The Morgan fingerprint density at radius 3 is 2.61 bits per heavy atom. The molecule has 0 radical (unpaired) electrons.